The van der Waals surface area contributed by atoms with Crippen molar-refractivity contribution in [1.29, 1.82) is 0 Å². The Labute approximate surface area is 119 Å². The lowest BCUT2D eigenvalue weighted by Crippen LogP contribution is -2.53. The smallest absolute Gasteiger partial charge is 0.305 e. The third-order valence-electron chi connectivity index (χ3n) is 2.95. The Bertz CT molecular complexity index is 627. The minimum atomic E-state index is -0.734. The molecular weight excluding hydrogens is 280 g/mol. The number of nitro groups is 1. The van der Waals surface area contributed by atoms with Gasteiger partial charge in [0.2, 0.25) is 11.8 Å². The van der Waals surface area contributed by atoms with Crippen molar-refractivity contribution < 1.29 is 19.3 Å². The van der Waals surface area contributed by atoms with Crippen molar-refractivity contribution in [2.45, 2.75) is 0 Å². The minimum Gasteiger partial charge on any atom is -0.383 e. The Morgan fingerprint density at radius 1 is 1.33 bits per heavy atom. The lowest BCUT2D eigenvalue weighted by molar-refractivity contribution is -0.384. The van der Waals surface area contributed by atoms with E-state index in [0.717, 1.165) is 4.90 Å². The number of hydrogen-bond acceptors (Lipinski definition) is 6. The van der Waals surface area contributed by atoms with E-state index in [1.165, 1.54) is 25.2 Å². The molecule has 1 aromatic rings. The summed E-state index contributed by atoms with van der Waals surface area (Å²) >= 11 is 0. The zero-order valence-corrected chi connectivity index (χ0v) is 11.1. The summed E-state index contributed by atoms with van der Waals surface area (Å²) in [4.78, 5) is 46.4. The Morgan fingerprint density at radius 3 is 2.48 bits per heavy atom. The molecular formula is C12H12N4O5. The lowest BCUT2D eigenvalue weighted by Gasteiger charge is -2.25. The first kappa shape index (κ1) is 14.4. The number of nitro benzene ring substituents is 1. The fourth-order valence-corrected chi connectivity index (χ4v) is 2.07. The van der Waals surface area contributed by atoms with Crippen LogP contribution < -0.4 is 10.6 Å². The van der Waals surface area contributed by atoms with Gasteiger partial charge in [0.05, 0.1) is 4.92 Å². The molecule has 0 atom stereocenters. The highest BCUT2D eigenvalue weighted by Crippen LogP contribution is 2.29. The second kappa shape index (κ2) is 5.57. The molecule has 1 aliphatic heterocycles. The van der Waals surface area contributed by atoms with Crippen LogP contribution in [-0.2, 0) is 9.59 Å². The Balaban J connectivity index is 2.41. The standard InChI is InChI=1S/C12H12N4O5/c1-13-8-4-2-3-7(11(8)16(20)21)12(19)15-5-9(17)14-10(18)6-15/h2-4,13H,5-6H2,1H3,(H,14,17,18). The molecule has 9 heteroatoms. The number of carbonyl (C=O) groups is 3. The van der Waals surface area contributed by atoms with Crippen LogP contribution in [0, 0.1) is 10.1 Å². The maximum absolute atomic E-state index is 12.3. The highest BCUT2D eigenvalue weighted by Gasteiger charge is 2.32. The number of benzene rings is 1. The molecule has 0 bridgehead atoms. The SMILES string of the molecule is CNc1cccc(C(=O)N2CC(=O)NC(=O)C2)c1[N+](=O)[O-]. The van der Waals surface area contributed by atoms with Crippen molar-refractivity contribution in [1.82, 2.24) is 10.2 Å². The number of anilines is 1. The first-order valence-corrected chi connectivity index (χ1v) is 6.01. The van der Waals surface area contributed by atoms with E-state index < -0.39 is 22.6 Å². The van der Waals surface area contributed by atoms with Gasteiger partial charge in [0, 0.05) is 7.05 Å². The van der Waals surface area contributed by atoms with Gasteiger partial charge < -0.3 is 10.2 Å². The summed E-state index contributed by atoms with van der Waals surface area (Å²) < 4.78 is 0. The van der Waals surface area contributed by atoms with E-state index in [1.54, 1.807) is 0 Å². The van der Waals surface area contributed by atoms with E-state index in [0.29, 0.717) is 0 Å². The number of para-hydroxylation sites is 1. The Kier molecular flexibility index (Phi) is 3.83. The molecule has 9 nitrogen and oxygen atoms in total. The molecule has 1 fully saturated rings. The van der Waals surface area contributed by atoms with Crippen LogP contribution in [0.5, 0.6) is 0 Å². The summed E-state index contributed by atoms with van der Waals surface area (Å²) in [6.07, 6.45) is 0. The normalized spacial score (nSPS) is 14.6. The van der Waals surface area contributed by atoms with E-state index in [1.807, 2.05) is 0 Å². The zero-order valence-electron chi connectivity index (χ0n) is 11.1. The van der Waals surface area contributed by atoms with Crippen LogP contribution in [0.15, 0.2) is 18.2 Å². The Morgan fingerprint density at radius 2 is 1.95 bits per heavy atom. The van der Waals surface area contributed by atoms with Gasteiger partial charge in [0.25, 0.3) is 5.91 Å². The van der Waals surface area contributed by atoms with Crippen molar-refractivity contribution in [3.05, 3.63) is 33.9 Å². The van der Waals surface area contributed by atoms with Gasteiger partial charge in [-0.05, 0) is 12.1 Å². The van der Waals surface area contributed by atoms with Gasteiger partial charge in [-0.25, -0.2) is 0 Å². The predicted octanol–water partition coefficient (Wildman–Crippen LogP) is -0.265. The van der Waals surface area contributed by atoms with Gasteiger partial charge in [0.15, 0.2) is 0 Å². The van der Waals surface area contributed by atoms with Gasteiger partial charge in [-0.2, -0.15) is 0 Å². The van der Waals surface area contributed by atoms with E-state index in [9.17, 15) is 24.5 Å². The summed E-state index contributed by atoms with van der Waals surface area (Å²) in [7, 11) is 1.49. The third-order valence-corrected chi connectivity index (χ3v) is 2.95. The molecule has 2 rings (SSSR count). The fraction of sp³-hybridized carbons (Fsp3) is 0.250. The minimum absolute atomic E-state index is 0.172. The summed E-state index contributed by atoms with van der Waals surface area (Å²) in [6, 6.07) is 4.24. The molecule has 21 heavy (non-hydrogen) atoms. The molecule has 0 saturated carbocycles. The number of nitrogens with one attached hydrogen (secondary N) is 2. The van der Waals surface area contributed by atoms with Crippen LogP contribution >= 0.6 is 0 Å². The molecule has 0 radical (unpaired) electrons. The molecule has 0 unspecified atom stereocenters. The molecule has 1 saturated heterocycles. The molecule has 110 valence electrons. The van der Waals surface area contributed by atoms with Crippen molar-refractivity contribution in [3.63, 3.8) is 0 Å². The molecule has 0 aromatic heterocycles. The van der Waals surface area contributed by atoms with Crippen LogP contribution in [0.25, 0.3) is 0 Å². The van der Waals surface area contributed by atoms with Crippen LogP contribution in [0.1, 0.15) is 10.4 Å². The maximum atomic E-state index is 12.3. The maximum Gasteiger partial charge on any atom is 0.305 e. The van der Waals surface area contributed by atoms with E-state index in [4.69, 9.17) is 0 Å². The second-order valence-corrected chi connectivity index (χ2v) is 4.34. The quantitative estimate of drug-likeness (QED) is 0.449. The lowest BCUT2D eigenvalue weighted by atomic mass is 10.1. The van der Waals surface area contributed by atoms with Crippen molar-refractivity contribution in [2.75, 3.05) is 25.5 Å². The largest absolute Gasteiger partial charge is 0.383 e. The first-order valence-electron chi connectivity index (χ1n) is 6.01. The van der Waals surface area contributed by atoms with E-state index in [-0.39, 0.29) is 30.0 Å². The zero-order chi connectivity index (χ0) is 15.6. The van der Waals surface area contributed by atoms with Gasteiger partial charge in [-0.15, -0.1) is 0 Å². The van der Waals surface area contributed by atoms with Gasteiger partial charge in [0.1, 0.15) is 24.3 Å². The van der Waals surface area contributed by atoms with E-state index in [2.05, 4.69) is 10.6 Å². The summed E-state index contributed by atoms with van der Waals surface area (Å²) in [6.45, 7) is -0.628. The first-order chi connectivity index (χ1) is 9.93. The molecule has 0 aliphatic carbocycles. The molecule has 1 aromatic carbocycles. The topological polar surface area (TPSA) is 122 Å². The molecule has 1 aliphatic rings. The highest BCUT2D eigenvalue weighted by molar-refractivity contribution is 6.07. The van der Waals surface area contributed by atoms with Gasteiger partial charge >= 0.3 is 5.69 Å². The van der Waals surface area contributed by atoms with Crippen LogP contribution in [0.4, 0.5) is 11.4 Å². The predicted molar refractivity (Wildman–Crippen MR) is 71.7 cm³/mol. The summed E-state index contributed by atoms with van der Waals surface area (Å²) in [5, 5.41) is 15.9. The van der Waals surface area contributed by atoms with Crippen LogP contribution in [-0.4, -0.2) is 47.7 Å². The van der Waals surface area contributed by atoms with Crippen molar-refractivity contribution >= 4 is 29.1 Å². The molecule has 2 N–H and O–H groups in total. The number of rotatable bonds is 3. The van der Waals surface area contributed by atoms with Crippen molar-refractivity contribution in [3.8, 4) is 0 Å². The third kappa shape index (κ3) is 2.81. The van der Waals surface area contributed by atoms with Crippen molar-refractivity contribution in [2.24, 2.45) is 0 Å². The second-order valence-electron chi connectivity index (χ2n) is 4.34. The number of imide groups is 1. The Hall–Kier alpha value is -2.97. The van der Waals surface area contributed by atoms with Crippen LogP contribution in [0.2, 0.25) is 0 Å². The number of amides is 3. The average Bonchev–Trinajstić information content (AvgIpc) is 2.44. The molecule has 3 amide bonds. The fourth-order valence-electron chi connectivity index (χ4n) is 2.07. The highest BCUT2D eigenvalue weighted by atomic mass is 16.6. The average molecular weight is 292 g/mol. The molecule has 0 spiro atoms. The summed E-state index contributed by atoms with van der Waals surface area (Å²) in [5.74, 6) is -1.97. The number of nitrogens with zero attached hydrogens (tertiary/aromatic N) is 2. The van der Waals surface area contributed by atoms with Gasteiger partial charge in [-0.3, -0.25) is 29.8 Å². The number of carbonyl (C=O) groups excluding carboxylic acids is 3. The van der Waals surface area contributed by atoms with E-state index >= 15 is 0 Å². The monoisotopic (exact) mass is 292 g/mol. The van der Waals surface area contributed by atoms with Crippen LogP contribution in [0.3, 0.4) is 0 Å². The summed E-state index contributed by atoms with van der Waals surface area (Å²) in [5.41, 5.74) is -0.378. The number of piperazine rings is 1. The molecule has 1 heterocycles. The van der Waals surface area contributed by atoms with Gasteiger partial charge in [-0.1, -0.05) is 6.07 Å². The number of hydrogen-bond donors (Lipinski definition) is 2.